The number of fused-ring (bicyclic) bond motifs is 2. The summed E-state index contributed by atoms with van der Waals surface area (Å²) in [6.45, 7) is 3.53. The minimum absolute atomic E-state index is 0.256. The third kappa shape index (κ3) is 3.03. The Kier molecular flexibility index (Phi) is 4.82. The lowest BCUT2D eigenvalue weighted by atomic mass is 9.92. The Hall–Kier alpha value is -3.19. The molecule has 1 unspecified atom stereocenters. The molecule has 1 atom stereocenters. The molecule has 2 heterocycles. The standard InChI is InChI=1S/C25H22BrN3O3/c1-15-13-20(16(2)29(15)19-9-7-18(26)8-10-19)22(30)14-28-23(31)25(27-24(28)32)12-11-17-5-3-4-6-21(17)25/h3-10,13H,11-12,14H2,1-2H3,(H,27,32). The molecule has 32 heavy (non-hydrogen) atoms. The zero-order valence-corrected chi connectivity index (χ0v) is 19.4. The van der Waals surface area contributed by atoms with Gasteiger partial charge in [-0.05, 0) is 68.1 Å². The van der Waals surface area contributed by atoms with Crippen molar-refractivity contribution in [3.05, 3.63) is 87.1 Å². The lowest BCUT2D eigenvalue weighted by Gasteiger charge is -2.22. The van der Waals surface area contributed by atoms with Gasteiger partial charge in [-0.3, -0.25) is 14.5 Å². The second-order valence-electron chi connectivity index (χ2n) is 8.40. The number of carbonyl (C=O) groups excluding carboxylic acids is 3. The van der Waals surface area contributed by atoms with Gasteiger partial charge in [0.25, 0.3) is 5.91 Å². The van der Waals surface area contributed by atoms with E-state index in [0.717, 1.165) is 44.0 Å². The number of Topliss-reactive ketones (excluding diaryl/α,β-unsaturated/α-hetero) is 1. The van der Waals surface area contributed by atoms with E-state index in [1.807, 2.05) is 73.0 Å². The molecule has 3 amide bonds. The summed E-state index contributed by atoms with van der Waals surface area (Å²) in [6, 6.07) is 16.8. The molecule has 1 aliphatic carbocycles. The number of halogens is 1. The largest absolute Gasteiger partial charge is 0.325 e. The van der Waals surface area contributed by atoms with Gasteiger partial charge < -0.3 is 9.88 Å². The van der Waals surface area contributed by atoms with Crippen LogP contribution in [0.15, 0.2) is 59.1 Å². The second kappa shape index (κ2) is 7.45. The summed E-state index contributed by atoms with van der Waals surface area (Å²) < 4.78 is 2.97. The van der Waals surface area contributed by atoms with Crippen molar-refractivity contribution in [2.45, 2.75) is 32.2 Å². The smallest absolute Gasteiger partial charge is 0.319 e. The lowest BCUT2D eigenvalue weighted by molar-refractivity contribution is -0.131. The number of imide groups is 1. The number of aryl methyl sites for hydroxylation is 2. The molecule has 2 aliphatic rings. The molecular formula is C25H22BrN3O3. The minimum atomic E-state index is -1.05. The summed E-state index contributed by atoms with van der Waals surface area (Å²) in [4.78, 5) is 40.4. The first-order valence-electron chi connectivity index (χ1n) is 10.5. The monoisotopic (exact) mass is 491 g/mol. The van der Waals surface area contributed by atoms with Gasteiger partial charge >= 0.3 is 6.03 Å². The van der Waals surface area contributed by atoms with Crippen LogP contribution in [0.5, 0.6) is 0 Å². The van der Waals surface area contributed by atoms with Crippen LogP contribution in [0.25, 0.3) is 5.69 Å². The van der Waals surface area contributed by atoms with Crippen LogP contribution in [0.2, 0.25) is 0 Å². The Morgan fingerprint density at radius 3 is 2.56 bits per heavy atom. The van der Waals surface area contributed by atoms with E-state index in [0.29, 0.717) is 12.0 Å². The third-order valence-electron chi connectivity index (χ3n) is 6.54. The Bertz CT molecular complexity index is 1280. The maximum Gasteiger partial charge on any atom is 0.325 e. The van der Waals surface area contributed by atoms with Crippen molar-refractivity contribution in [3.63, 3.8) is 0 Å². The van der Waals surface area contributed by atoms with E-state index < -0.39 is 11.6 Å². The average Bonchev–Trinajstić information content (AvgIpc) is 3.37. The van der Waals surface area contributed by atoms with Gasteiger partial charge in [0.15, 0.2) is 5.78 Å². The van der Waals surface area contributed by atoms with Crippen LogP contribution in [0.1, 0.15) is 39.3 Å². The van der Waals surface area contributed by atoms with Gasteiger partial charge in [-0.15, -0.1) is 0 Å². The van der Waals surface area contributed by atoms with Crippen molar-refractivity contribution in [1.29, 1.82) is 0 Å². The molecule has 162 valence electrons. The zero-order chi connectivity index (χ0) is 22.6. The molecule has 1 aromatic heterocycles. The lowest BCUT2D eigenvalue weighted by Crippen LogP contribution is -2.42. The van der Waals surface area contributed by atoms with Gasteiger partial charge in [0.05, 0.1) is 6.54 Å². The Labute approximate surface area is 194 Å². The number of hydrogen-bond acceptors (Lipinski definition) is 3. The molecule has 6 nitrogen and oxygen atoms in total. The molecular weight excluding hydrogens is 470 g/mol. The predicted molar refractivity (Wildman–Crippen MR) is 124 cm³/mol. The maximum atomic E-state index is 13.4. The highest BCUT2D eigenvalue weighted by atomic mass is 79.9. The molecule has 1 fully saturated rings. The van der Waals surface area contributed by atoms with Crippen LogP contribution in [-0.4, -0.2) is 33.7 Å². The number of hydrogen-bond donors (Lipinski definition) is 1. The number of ketones is 1. The van der Waals surface area contributed by atoms with Gasteiger partial charge in [-0.1, -0.05) is 40.2 Å². The molecule has 1 aliphatic heterocycles. The number of amides is 3. The van der Waals surface area contributed by atoms with Crippen molar-refractivity contribution in [1.82, 2.24) is 14.8 Å². The van der Waals surface area contributed by atoms with Crippen molar-refractivity contribution >= 4 is 33.7 Å². The van der Waals surface area contributed by atoms with Gasteiger partial charge in [-0.25, -0.2) is 4.79 Å². The van der Waals surface area contributed by atoms with Crippen LogP contribution in [0, 0.1) is 13.8 Å². The van der Waals surface area contributed by atoms with Crippen LogP contribution in [0.3, 0.4) is 0 Å². The fourth-order valence-corrected chi connectivity index (χ4v) is 5.26. The average molecular weight is 492 g/mol. The number of carbonyl (C=O) groups is 3. The van der Waals surface area contributed by atoms with Crippen LogP contribution >= 0.6 is 15.9 Å². The van der Waals surface area contributed by atoms with E-state index in [2.05, 4.69) is 21.2 Å². The summed E-state index contributed by atoms with van der Waals surface area (Å²) in [6.07, 6.45) is 1.23. The highest BCUT2D eigenvalue weighted by Crippen LogP contribution is 2.41. The zero-order valence-electron chi connectivity index (χ0n) is 17.8. The van der Waals surface area contributed by atoms with Crippen LogP contribution in [0.4, 0.5) is 4.79 Å². The number of urea groups is 1. The topological polar surface area (TPSA) is 71.4 Å². The summed E-state index contributed by atoms with van der Waals surface area (Å²) >= 11 is 3.44. The number of benzene rings is 2. The summed E-state index contributed by atoms with van der Waals surface area (Å²) in [5, 5.41) is 2.88. The number of rotatable bonds is 4. The third-order valence-corrected chi connectivity index (χ3v) is 7.07. The normalized spacial score (nSPS) is 19.5. The van der Waals surface area contributed by atoms with Crippen molar-refractivity contribution in [2.75, 3.05) is 6.54 Å². The first kappa shape index (κ1) is 20.7. The van der Waals surface area contributed by atoms with E-state index in [9.17, 15) is 14.4 Å². The first-order chi connectivity index (χ1) is 15.3. The summed E-state index contributed by atoms with van der Waals surface area (Å²) in [5.41, 5.74) is 3.99. The van der Waals surface area contributed by atoms with E-state index in [4.69, 9.17) is 0 Å². The number of aromatic nitrogens is 1. The van der Waals surface area contributed by atoms with E-state index >= 15 is 0 Å². The fourth-order valence-electron chi connectivity index (χ4n) is 4.99. The quantitative estimate of drug-likeness (QED) is 0.433. The maximum absolute atomic E-state index is 13.4. The molecule has 1 spiro atoms. The molecule has 0 bridgehead atoms. The van der Waals surface area contributed by atoms with Gasteiger partial charge in [0.1, 0.15) is 5.54 Å². The molecule has 0 saturated carbocycles. The Morgan fingerprint density at radius 1 is 1.09 bits per heavy atom. The fraction of sp³-hybridized carbons (Fsp3) is 0.240. The first-order valence-corrected chi connectivity index (χ1v) is 11.3. The Morgan fingerprint density at radius 2 is 1.81 bits per heavy atom. The molecule has 3 aromatic rings. The van der Waals surface area contributed by atoms with Crippen molar-refractivity contribution in [2.24, 2.45) is 0 Å². The molecule has 2 aromatic carbocycles. The van der Waals surface area contributed by atoms with Gasteiger partial charge in [-0.2, -0.15) is 0 Å². The van der Waals surface area contributed by atoms with Crippen molar-refractivity contribution < 1.29 is 14.4 Å². The highest BCUT2D eigenvalue weighted by molar-refractivity contribution is 9.10. The van der Waals surface area contributed by atoms with Crippen LogP contribution < -0.4 is 5.32 Å². The van der Waals surface area contributed by atoms with Crippen LogP contribution in [-0.2, 0) is 16.8 Å². The van der Waals surface area contributed by atoms with E-state index in [-0.39, 0.29) is 18.2 Å². The van der Waals surface area contributed by atoms with E-state index in [1.54, 1.807) is 0 Å². The minimum Gasteiger partial charge on any atom is -0.319 e. The Balaban J connectivity index is 1.43. The van der Waals surface area contributed by atoms with Gasteiger partial charge in [0.2, 0.25) is 0 Å². The number of nitrogens with one attached hydrogen (secondary N) is 1. The summed E-state index contributed by atoms with van der Waals surface area (Å²) in [5.74, 6) is -0.601. The van der Waals surface area contributed by atoms with E-state index in [1.165, 1.54) is 0 Å². The molecule has 1 N–H and O–H groups in total. The van der Waals surface area contributed by atoms with Crippen molar-refractivity contribution in [3.8, 4) is 5.69 Å². The number of nitrogens with zero attached hydrogens (tertiary/aromatic N) is 2. The molecule has 7 heteroatoms. The highest BCUT2D eigenvalue weighted by Gasteiger charge is 2.55. The molecule has 0 radical (unpaired) electrons. The summed E-state index contributed by atoms with van der Waals surface area (Å²) in [7, 11) is 0. The second-order valence-corrected chi connectivity index (χ2v) is 9.32. The SMILES string of the molecule is Cc1cc(C(=O)CN2C(=O)NC3(CCc4ccccc43)C2=O)c(C)n1-c1ccc(Br)cc1. The van der Waals surface area contributed by atoms with Gasteiger partial charge in [0, 0.05) is 27.1 Å². The molecule has 1 saturated heterocycles. The predicted octanol–water partition coefficient (Wildman–Crippen LogP) is 4.43. The molecule has 5 rings (SSSR count).